The fourth-order valence-electron chi connectivity index (χ4n) is 5.20. The highest BCUT2D eigenvalue weighted by Crippen LogP contribution is 2.42. The van der Waals surface area contributed by atoms with Gasteiger partial charge >= 0.3 is 0 Å². The Labute approximate surface area is 181 Å². The molecule has 2 aromatic rings. The van der Waals surface area contributed by atoms with Gasteiger partial charge in [0, 0.05) is 16.9 Å². The topological polar surface area (TPSA) is 61.3 Å². The molecule has 4 N–H and O–H groups in total. The van der Waals surface area contributed by atoms with Gasteiger partial charge in [-0.1, -0.05) is 37.1 Å². The van der Waals surface area contributed by atoms with Crippen molar-refractivity contribution < 1.29 is 4.74 Å². The van der Waals surface area contributed by atoms with Gasteiger partial charge in [-0.3, -0.25) is 0 Å². The maximum Gasteiger partial charge on any atom is 0.119 e. The molecule has 1 fully saturated rings. The van der Waals surface area contributed by atoms with E-state index in [9.17, 15) is 0 Å². The summed E-state index contributed by atoms with van der Waals surface area (Å²) in [6.07, 6.45) is 13.3. The first-order valence-electron chi connectivity index (χ1n) is 11.7. The van der Waals surface area contributed by atoms with Gasteiger partial charge in [0.15, 0.2) is 0 Å². The average Bonchev–Trinajstić information content (AvgIpc) is 2.80. The predicted molar refractivity (Wildman–Crippen MR) is 126 cm³/mol. The van der Waals surface area contributed by atoms with Crippen LogP contribution in [0.3, 0.4) is 0 Å². The van der Waals surface area contributed by atoms with E-state index in [0.29, 0.717) is 18.2 Å². The van der Waals surface area contributed by atoms with Gasteiger partial charge in [0.05, 0.1) is 0 Å². The minimum absolute atomic E-state index is 0.440. The summed E-state index contributed by atoms with van der Waals surface area (Å²) in [6.45, 7) is 2.77. The second-order valence-corrected chi connectivity index (χ2v) is 9.19. The summed E-state index contributed by atoms with van der Waals surface area (Å²) in [4.78, 5) is 0. The van der Waals surface area contributed by atoms with Crippen LogP contribution < -0.4 is 16.2 Å². The monoisotopic (exact) mass is 404 g/mol. The van der Waals surface area contributed by atoms with E-state index in [1.807, 2.05) is 18.2 Å². The van der Waals surface area contributed by atoms with Crippen LogP contribution >= 0.6 is 0 Å². The minimum Gasteiger partial charge on any atom is -0.489 e. The normalized spacial score (nSPS) is 24.3. The minimum atomic E-state index is 0.440. The summed E-state index contributed by atoms with van der Waals surface area (Å²) >= 11 is 0. The van der Waals surface area contributed by atoms with Gasteiger partial charge in [-0.05, 0) is 98.6 Å². The number of nitrogens with two attached hydrogens (primary N) is 2. The van der Waals surface area contributed by atoms with Crippen molar-refractivity contribution in [2.75, 3.05) is 11.5 Å². The van der Waals surface area contributed by atoms with Gasteiger partial charge in [-0.25, -0.2) is 0 Å². The third-order valence-electron chi connectivity index (χ3n) is 7.30. The summed E-state index contributed by atoms with van der Waals surface area (Å²) in [7, 11) is 0. The van der Waals surface area contributed by atoms with E-state index in [2.05, 4.69) is 37.3 Å². The van der Waals surface area contributed by atoms with Crippen LogP contribution in [-0.4, -0.2) is 0 Å². The number of benzene rings is 2. The lowest BCUT2D eigenvalue weighted by Crippen LogP contribution is -2.17. The van der Waals surface area contributed by atoms with Crippen molar-refractivity contribution in [3.8, 4) is 5.75 Å². The molecule has 4 rings (SSSR count). The molecule has 0 amide bonds. The van der Waals surface area contributed by atoms with E-state index in [4.69, 9.17) is 16.2 Å². The van der Waals surface area contributed by atoms with Crippen LogP contribution in [0, 0.1) is 11.8 Å². The Morgan fingerprint density at radius 2 is 1.63 bits per heavy atom. The summed E-state index contributed by atoms with van der Waals surface area (Å²) in [5.74, 6) is 3.34. The van der Waals surface area contributed by atoms with E-state index < -0.39 is 0 Å². The quantitative estimate of drug-likeness (QED) is 0.409. The van der Waals surface area contributed by atoms with E-state index in [0.717, 1.165) is 28.8 Å². The van der Waals surface area contributed by atoms with E-state index in [-0.39, 0.29) is 0 Å². The van der Waals surface area contributed by atoms with Crippen molar-refractivity contribution in [2.45, 2.75) is 70.8 Å². The second-order valence-electron chi connectivity index (χ2n) is 9.19. The standard InChI is InChI=1S/C27H36N2O/c1-2-19-3-5-20(6-4-19)21-7-9-22(10-8-21)23-11-14-26(15-12-23)30-18-24-17-25(28)13-16-27(24)29/h5,11-17,19,21-22H,2-4,6-10,18,28-29H2,1H3. The van der Waals surface area contributed by atoms with Crippen molar-refractivity contribution in [1.29, 1.82) is 0 Å². The SMILES string of the molecule is CCC1CC=C(C2CCC(c3ccc(OCc4cc(N)ccc4N)cc3)CC2)CC1. The van der Waals surface area contributed by atoms with Crippen LogP contribution in [0.15, 0.2) is 54.1 Å². The van der Waals surface area contributed by atoms with Crippen molar-refractivity contribution >= 4 is 11.4 Å². The van der Waals surface area contributed by atoms with Crippen molar-refractivity contribution in [2.24, 2.45) is 11.8 Å². The Bertz CT molecular complexity index is 863. The molecule has 1 saturated carbocycles. The van der Waals surface area contributed by atoms with Crippen LogP contribution in [0.5, 0.6) is 5.75 Å². The summed E-state index contributed by atoms with van der Waals surface area (Å²) < 4.78 is 5.94. The average molecular weight is 405 g/mol. The molecule has 0 aromatic heterocycles. The fraction of sp³-hybridized carbons (Fsp3) is 0.481. The van der Waals surface area contributed by atoms with Crippen molar-refractivity contribution in [3.05, 3.63) is 65.2 Å². The third kappa shape index (κ3) is 5.00. The molecule has 0 spiro atoms. The Morgan fingerprint density at radius 1 is 0.900 bits per heavy atom. The first-order valence-corrected chi connectivity index (χ1v) is 11.7. The molecule has 1 unspecified atom stereocenters. The van der Waals surface area contributed by atoms with Gasteiger partial charge in [-0.15, -0.1) is 0 Å². The van der Waals surface area contributed by atoms with Crippen molar-refractivity contribution in [1.82, 2.24) is 0 Å². The number of hydrogen-bond acceptors (Lipinski definition) is 3. The van der Waals surface area contributed by atoms with Gasteiger partial charge in [-0.2, -0.15) is 0 Å². The van der Waals surface area contributed by atoms with E-state index >= 15 is 0 Å². The molecule has 0 aliphatic heterocycles. The lowest BCUT2D eigenvalue weighted by atomic mass is 9.73. The summed E-state index contributed by atoms with van der Waals surface area (Å²) in [5.41, 5.74) is 17.4. The molecule has 0 saturated heterocycles. The molecular weight excluding hydrogens is 368 g/mol. The number of nitrogen functional groups attached to an aromatic ring is 2. The highest BCUT2D eigenvalue weighted by atomic mass is 16.5. The molecule has 0 heterocycles. The molecule has 3 nitrogen and oxygen atoms in total. The molecule has 2 aliphatic rings. The van der Waals surface area contributed by atoms with Crippen LogP contribution in [-0.2, 0) is 6.61 Å². The zero-order valence-corrected chi connectivity index (χ0v) is 18.3. The summed E-state index contributed by atoms with van der Waals surface area (Å²) in [5, 5.41) is 0. The molecule has 2 aliphatic carbocycles. The van der Waals surface area contributed by atoms with Crippen LogP contribution in [0.2, 0.25) is 0 Å². The van der Waals surface area contributed by atoms with Gasteiger partial charge in [0.25, 0.3) is 0 Å². The first kappa shape index (κ1) is 20.8. The number of anilines is 2. The predicted octanol–water partition coefficient (Wildman–Crippen LogP) is 6.84. The van der Waals surface area contributed by atoms with E-state index in [1.54, 1.807) is 5.57 Å². The molecule has 3 heteroatoms. The first-order chi connectivity index (χ1) is 14.6. The largest absolute Gasteiger partial charge is 0.489 e. The number of hydrogen-bond donors (Lipinski definition) is 2. The van der Waals surface area contributed by atoms with Crippen LogP contribution in [0.1, 0.15) is 75.3 Å². The Balaban J connectivity index is 1.29. The van der Waals surface area contributed by atoms with E-state index in [1.165, 1.54) is 56.9 Å². The van der Waals surface area contributed by atoms with Gasteiger partial charge in [0.1, 0.15) is 12.4 Å². The Hall–Kier alpha value is -2.42. The highest BCUT2D eigenvalue weighted by Gasteiger charge is 2.26. The maximum absolute atomic E-state index is 6.01. The van der Waals surface area contributed by atoms with Gasteiger partial charge < -0.3 is 16.2 Å². The fourth-order valence-corrected chi connectivity index (χ4v) is 5.20. The zero-order chi connectivity index (χ0) is 20.9. The zero-order valence-electron chi connectivity index (χ0n) is 18.3. The molecule has 2 aromatic carbocycles. The molecule has 0 bridgehead atoms. The van der Waals surface area contributed by atoms with Crippen LogP contribution in [0.25, 0.3) is 0 Å². The third-order valence-corrected chi connectivity index (χ3v) is 7.30. The lowest BCUT2D eigenvalue weighted by molar-refractivity contribution is 0.306. The Kier molecular flexibility index (Phi) is 6.66. The molecule has 0 radical (unpaired) electrons. The smallest absolute Gasteiger partial charge is 0.119 e. The molecule has 1 atom stereocenters. The molecule has 30 heavy (non-hydrogen) atoms. The number of ether oxygens (including phenoxy) is 1. The van der Waals surface area contributed by atoms with Crippen LogP contribution in [0.4, 0.5) is 11.4 Å². The summed E-state index contributed by atoms with van der Waals surface area (Å²) in [6, 6.07) is 14.2. The number of rotatable bonds is 6. The molecule has 160 valence electrons. The second kappa shape index (κ2) is 9.59. The Morgan fingerprint density at radius 3 is 2.30 bits per heavy atom. The maximum atomic E-state index is 6.01. The highest BCUT2D eigenvalue weighted by molar-refractivity contribution is 5.55. The number of allylic oxidation sites excluding steroid dienone is 2. The van der Waals surface area contributed by atoms with Gasteiger partial charge in [0.2, 0.25) is 0 Å². The molecular formula is C27H36N2O. The lowest BCUT2D eigenvalue weighted by Gasteiger charge is -2.33. The van der Waals surface area contributed by atoms with Crippen molar-refractivity contribution in [3.63, 3.8) is 0 Å².